The van der Waals surface area contributed by atoms with E-state index in [-0.39, 0.29) is 12.5 Å². The van der Waals surface area contributed by atoms with Gasteiger partial charge in [-0.2, -0.15) is 4.98 Å². The molecule has 0 amide bonds. The van der Waals surface area contributed by atoms with E-state index in [4.69, 9.17) is 20.9 Å². The van der Waals surface area contributed by atoms with Crippen LogP contribution in [0.3, 0.4) is 0 Å². The Morgan fingerprint density at radius 2 is 2.12 bits per heavy atom. The molecule has 90 valence electrons. The van der Waals surface area contributed by atoms with Crippen molar-refractivity contribution in [2.45, 2.75) is 26.4 Å². The Labute approximate surface area is 105 Å². The molecule has 1 aromatic carbocycles. The molecular formula is C12H13ClN2O2. The van der Waals surface area contributed by atoms with Crippen LogP contribution < -0.4 is 4.74 Å². The Kier molecular flexibility index (Phi) is 3.64. The van der Waals surface area contributed by atoms with Crippen LogP contribution in [0.25, 0.3) is 0 Å². The molecule has 0 aliphatic carbocycles. The van der Waals surface area contributed by atoms with Crippen LogP contribution in [-0.4, -0.2) is 10.1 Å². The zero-order valence-corrected chi connectivity index (χ0v) is 10.4. The van der Waals surface area contributed by atoms with Gasteiger partial charge in [0.2, 0.25) is 0 Å². The van der Waals surface area contributed by atoms with Crippen LogP contribution in [0.1, 0.15) is 31.5 Å². The fraction of sp³-hybridized carbons (Fsp3) is 0.333. The third kappa shape index (κ3) is 2.97. The summed E-state index contributed by atoms with van der Waals surface area (Å²) < 4.78 is 10.5. The first-order valence-corrected chi connectivity index (χ1v) is 5.74. The fourth-order valence-corrected chi connectivity index (χ4v) is 1.45. The summed E-state index contributed by atoms with van der Waals surface area (Å²) in [6.45, 7) is 4.23. The first kappa shape index (κ1) is 11.9. The highest BCUT2D eigenvalue weighted by Crippen LogP contribution is 2.24. The van der Waals surface area contributed by atoms with Gasteiger partial charge in [0.15, 0.2) is 12.4 Å². The van der Waals surface area contributed by atoms with Crippen molar-refractivity contribution in [1.82, 2.24) is 10.1 Å². The number of halogens is 1. The Balaban J connectivity index is 2.00. The molecule has 4 nitrogen and oxygen atoms in total. The molecule has 0 N–H and O–H groups in total. The SMILES string of the molecule is CC(C)c1noc(COc2ccccc2Cl)n1. The zero-order chi connectivity index (χ0) is 12.3. The Bertz CT molecular complexity index is 497. The molecule has 5 heteroatoms. The minimum absolute atomic E-state index is 0.226. The van der Waals surface area contributed by atoms with E-state index in [0.717, 1.165) is 0 Å². The van der Waals surface area contributed by atoms with E-state index in [9.17, 15) is 0 Å². The molecule has 0 aliphatic heterocycles. The van der Waals surface area contributed by atoms with Crippen LogP contribution >= 0.6 is 11.6 Å². The fourth-order valence-electron chi connectivity index (χ4n) is 1.26. The molecule has 1 aromatic heterocycles. The van der Waals surface area contributed by atoms with Gasteiger partial charge in [-0.05, 0) is 12.1 Å². The molecule has 0 radical (unpaired) electrons. The minimum atomic E-state index is 0.226. The number of hydrogen-bond acceptors (Lipinski definition) is 4. The van der Waals surface area contributed by atoms with E-state index in [1.165, 1.54) is 0 Å². The van der Waals surface area contributed by atoms with Crippen molar-refractivity contribution in [2.24, 2.45) is 0 Å². The van der Waals surface area contributed by atoms with Crippen LogP contribution in [0.4, 0.5) is 0 Å². The summed E-state index contributed by atoms with van der Waals surface area (Å²) >= 11 is 5.95. The van der Waals surface area contributed by atoms with Crippen molar-refractivity contribution in [3.63, 3.8) is 0 Å². The van der Waals surface area contributed by atoms with Crippen LogP contribution in [-0.2, 0) is 6.61 Å². The second kappa shape index (κ2) is 5.19. The van der Waals surface area contributed by atoms with Gasteiger partial charge in [-0.1, -0.05) is 42.7 Å². The minimum Gasteiger partial charge on any atom is -0.482 e. The molecule has 0 saturated heterocycles. The normalized spacial score (nSPS) is 10.8. The Morgan fingerprint density at radius 3 is 2.76 bits per heavy atom. The molecule has 0 fully saturated rings. The lowest BCUT2D eigenvalue weighted by Crippen LogP contribution is -1.97. The van der Waals surface area contributed by atoms with Gasteiger partial charge in [-0.25, -0.2) is 0 Å². The maximum atomic E-state index is 5.95. The highest BCUT2D eigenvalue weighted by atomic mass is 35.5. The first-order valence-electron chi connectivity index (χ1n) is 5.36. The molecule has 0 saturated carbocycles. The summed E-state index contributed by atoms with van der Waals surface area (Å²) in [7, 11) is 0. The van der Waals surface area contributed by atoms with Crippen LogP contribution in [0.2, 0.25) is 5.02 Å². The first-order chi connectivity index (χ1) is 8.16. The highest BCUT2D eigenvalue weighted by molar-refractivity contribution is 6.32. The lowest BCUT2D eigenvalue weighted by molar-refractivity contribution is 0.242. The molecule has 1 heterocycles. The van der Waals surface area contributed by atoms with Gasteiger partial charge in [-0.3, -0.25) is 0 Å². The summed E-state index contributed by atoms with van der Waals surface area (Å²) in [5.74, 6) is 1.99. The van der Waals surface area contributed by atoms with Gasteiger partial charge in [0.1, 0.15) is 5.75 Å². The van der Waals surface area contributed by atoms with E-state index in [1.807, 2.05) is 26.0 Å². The van der Waals surface area contributed by atoms with Gasteiger partial charge < -0.3 is 9.26 Å². The standard InChI is InChI=1S/C12H13ClN2O2/c1-8(2)12-14-11(17-15-12)7-16-10-6-4-3-5-9(10)13/h3-6,8H,7H2,1-2H3. The molecule has 0 bridgehead atoms. The van der Waals surface area contributed by atoms with E-state index < -0.39 is 0 Å². The van der Waals surface area contributed by atoms with Crippen molar-refractivity contribution in [2.75, 3.05) is 0 Å². The van der Waals surface area contributed by atoms with Gasteiger partial charge in [-0.15, -0.1) is 0 Å². The average Bonchev–Trinajstić information content (AvgIpc) is 2.77. The molecule has 0 aliphatic rings. The maximum Gasteiger partial charge on any atom is 0.264 e. The van der Waals surface area contributed by atoms with E-state index in [0.29, 0.717) is 22.5 Å². The van der Waals surface area contributed by atoms with Crippen molar-refractivity contribution >= 4 is 11.6 Å². The molecule has 0 atom stereocenters. The van der Waals surface area contributed by atoms with Gasteiger partial charge >= 0.3 is 0 Å². The number of nitrogens with zero attached hydrogens (tertiary/aromatic N) is 2. The van der Waals surface area contributed by atoms with Crippen molar-refractivity contribution in [3.8, 4) is 5.75 Å². The van der Waals surface area contributed by atoms with Gasteiger partial charge in [0, 0.05) is 5.92 Å². The number of rotatable bonds is 4. The van der Waals surface area contributed by atoms with Crippen molar-refractivity contribution in [3.05, 3.63) is 41.0 Å². The van der Waals surface area contributed by atoms with E-state index in [2.05, 4.69) is 10.1 Å². The monoisotopic (exact) mass is 252 g/mol. The second-order valence-electron chi connectivity index (χ2n) is 3.92. The lowest BCUT2D eigenvalue weighted by atomic mass is 10.2. The smallest absolute Gasteiger partial charge is 0.264 e. The predicted molar refractivity (Wildman–Crippen MR) is 64.2 cm³/mol. The summed E-state index contributed by atoms with van der Waals surface area (Å²) in [5, 5.41) is 4.42. The van der Waals surface area contributed by atoms with Crippen LogP contribution in [0.5, 0.6) is 5.75 Å². The number of benzene rings is 1. The topological polar surface area (TPSA) is 48.2 Å². The number of hydrogen-bond donors (Lipinski definition) is 0. The molecule has 0 spiro atoms. The van der Waals surface area contributed by atoms with Crippen LogP contribution in [0.15, 0.2) is 28.8 Å². The summed E-state index contributed by atoms with van der Waals surface area (Å²) in [4.78, 5) is 4.21. The highest BCUT2D eigenvalue weighted by Gasteiger charge is 2.10. The van der Waals surface area contributed by atoms with Crippen molar-refractivity contribution < 1.29 is 9.26 Å². The predicted octanol–water partition coefficient (Wildman–Crippen LogP) is 3.43. The molecule has 0 unspecified atom stereocenters. The van der Waals surface area contributed by atoms with Crippen molar-refractivity contribution in [1.29, 1.82) is 0 Å². The third-order valence-corrected chi connectivity index (χ3v) is 2.50. The maximum absolute atomic E-state index is 5.95. The van der Waals surface area contributed by atoms with E-state index in [1.54, 1.807) is 12.1 Å². The quantitative estimate of drug-likeness (QED) is 0.837. The number of aromatic nitrogens is 2. The van der Waals surface area contributed by atoms with Gasteiger partial charge in [0.05, 0.1) is 5.02 Å². The molecule has 2 aromatic rings. The zero-order valence-electron chi connectivity index (χ0n) is 9.68. The molecule has 2 rings (SSSR count). The number of ether oxygens (including phenoxy) is 1. The Morgan fingerprint density at radius 1 is 1.35 bits per heavy atom. The lowest BCUT2D eigenvalue weighted by Gasteiger charge is -2.04. The summed E-state index contributed by atoms with van der Waals surface area (Å²) in [5.41, 5.74) is 0. The van der Waals surface area contributed by atoms with E-state index >= 15 is 0 Å². The largest absolute Gasteiger partial charge is 0.482 e. The van der Waals surface area contributed by atoms with Gasteiger partial charge in [0.25, 0.3) is 5.89 Å². The third-order valence-electron chi connectivity index (χ3n) is 2.19. The second-order valence-corrected chi connectivity index (χ2v) is 4.33. The summed E-state index contributed by atoms with van der Waals surface area (Å²) in [6.07, 6.45) is 0. The summed E-state index contributed by atoms with van der Waals surface area (Å²) in [6, 6.07) is 7.26. The number of para-hydroxylation sites is 1. The molecule has 17 heavy (non-hydrogen) atoms. The van der Waals surface area contributed by atoms with Crippen LogP contribution in [0, 0.1) is 0 Å². The average molecular weight is 253 g/mol. The molecular weight excluding hydrogens is 240 g/mol. The Hall–Kier alpha value is -1.55.